The molecule has 20 heavy (non-hydrogen) atoms. The Morgan fingerprint density at radius 2 is 2.00 bits per heavy atom. The van der Waals surface area contributed by atoms with E-state index in [1.54, 1.807) is 11.0 Å². The fourth-order valence-corrected chi connectivity index (χ4v) is 2.74. The Labute approximate surface area is 122 Å². The normalized spacial score (nSPS) is 16.6. The summed E-state index contributed by atoms with van der Waals surface area (Å²) in [7, 11) is 0. The molecule has 4 nitrogen and oxygen atoms in total. The minimum atomic E-state index is -0.299. The van der Waals surface area contributed by atoms with E-state index in [0.29, 0.717) is 36.6 Å². The number of halogens is 1. The van der Waals surface area contributed by atoms with Gasteiger partial charge >= 0.3 is 0 Å². The van der Waals surface area contributed by atoms with E-state index < -0.39 is 0 Å². The third-order valence-electron chi connectivity index (χ3n) is 3.64. The summed E-state index contributed by atoms with van der Waals surface area (Å²) in [5.41, 5.74) is 1.09. The molecule has 0 aliphatic carbocycles. The Morgan fingerprint density at radius 1 is 1.30 bits per heavy atom. The third-order valence-corrected chi connectivity index (χ3v) is 3.95. The molecule has 1 N–H and O–H groups in total. The molecular weight excluding hydrogens is 276 g/mol. The number of nitrogens with zero attached hydrogens (tertiary/aromatic N) is 2. The number of aromatic nitrogens is 1. The zero-order valence-electron chi connectivity index (χ0n) is 10.9. The van der Waals surface area contributed by atoms with Gasteiger partial charge in [-0.15, -0.1) is 0 Å². The average Bonchev–Trinajstić information content (AvgIpc) is 2.47. The number of hydrogen-bond acceptors (Lipinski definition) is 3. The van der Waals surface area contributed by atoms with Crippen molar-refractivity contribution in [2.24, 2.45) is 0 Å². The molecule has 1 fully saturated rings. The van der Waals surface area contributed by atoms with Gasteiger partial charge in [-0.2, -0.15) is 0 Å². The van der Waals surface area contributed by atoms with Gasteiger partial charge < -0.3 is 10.0 Å². The number of carbonyl (C=O) groups is 1. The number of hydrogen-bond donors (Lipinski definition) is 1. The van der Waals surface area contributed by atoms with Crippen LogP contribution in [0.25, 0.3) is 10.9 Å². The van der Waals surface area contributed by atoms with Gasteiger partial charge in [0.25, 0.3) is 5.91 Å². The van der Waals surface area contributed by atoms with Gasteiger partial charge in [0, 0.05) is 18.5 Å². The first-order valence-electron chi connectivity index (χ1n) is 6.68. The third kappa shape index (κ3) is 2.49. The van der Waals surface area contributed by atoms with E-state index in [9.17, 15) is 9.90 Å². The van der Waals surface area contributed by atoms with Gasteiger partial charge in [-0.3, -0.25) is 4.79 Å². The molecule has 1 aliphatic heterocycles. The lowest BCUT2D eigenvalue weighted by molar-refractivity contribution is 0.0542. The molecule has 0 saturated carbocycles. The topological polar surface area (TPSA) is 53.4 Å². The van der Waals surface area contributed by atoms with Crippen LogP contribution in [0, 0.1) is 0 Å². The molecular formula is C15H15ClN2O2. The SMILES string of the molecule is O=C(c1cc(Cl)c2ccccc2n1)N1CCC(O)CC1. The van der Waals surface area contributed by atoms with Gasteiger partial charge in [0.05, 0.1) is 16.6 Å². The van der Waals surface area contributed by atoms with Crippen molar-refractivity contribution in [3.63, 3.8) is 0 Å². The number of benzene rings is 1. The molecule has 2 aromatic rings. The van der Waals surface area contributed by atoms with Gasteiger partial charge in [-0.1, -0.05) is 29.8 Å². The highest BCUT2D eigenvalue weighted by atomic mass is 35.5. The van der Waals surface area contributed by atoms with Crippen LogP contribution in [0.5, 0.6) is 0 Å². The van der Waals surface area contributed by atoms with Crippen LogP contribution in [0.2, 0.25) is 5.02 Å². The number of pyridine rings is 1. The number of amides is 1. The molecule has 0 unspecified atom stereocenters. The van der Waals surface area contributed by atoms with E-state index in [1.807, 2.05) is 24.3 Å². The Hall–Kier alpha value is -1.65. The van der Waals surface area contributed by atoms with E-state index in [1.165, 1.54) is 0 Å². The molecule has 0 spiro atoms. The molecule has 1 saturated heterocycles. The van der Waals surface area contributed by atoms with Crippen LogP contribution in [0.15, 0.2) is 30.3 Å². The number of carbonyl (C=O) groups excluding carboxylic acids is 1. The fourth-order valence-electron chi connectivity index (χ4n) is 2.47. The molecule has 3 rings (SSSR count). The van der Waals surface area contributed by atoms with Crippen molar-refractivity contribution in [1.29, 1.82) is 0 Å². The predicted molar refractivity (Wildman–Crippen MR) is 77.9 cm³/mol. The minimum Gasteiger partial charge on any atom is -0.393 e. The van der Waals surface area contributed by atoms with E-state index in [2.05, 4.69) is 4.98 Å². The van der Waals surface area contributed by atoms with Crippen molar-refractivity contribution >= 4 is 28.4 Å². The summed E-state index contributed by atoms with van der Waals surface area (Å²) in [6.07, 6.45) is 0.937. The number of aliphatic hydroxyl groups excluding tert-OH is 1. The van der Waals surface area contributed by atoms with E-state index in [0.717, 1.165) is 10.9 Å². The zero-order valence-corrected chi connectivity index (χ0v) is 11.7. The van der Waals surface area contributed by atoms with Gasteiger partial charge in [-0.25, -0.2) is 4.98 Å². The van der Waals surface area contributed by atoms with Crippen LogP contribution in [0.1, 0.15) is 23.3 Å². The lowest BCUT2D eigenvalue weighted by Gasteiger charge is -2.29. The summed E-state index contributed by atoms with van der Waals surface area (Å²) in [5, 5.41) is 10.9. The maximum absolute atomic E-state index is 12.4. The van der Waals surface area contributed by atoms with Crippen LogP contribution >= 0.6 is 11.6 Å². The summed E-state index contributed by atoms with van der Waals surface area (Å²) < 4.78 is 0. The van der Waals surface area contributed by atoms with Crippen molar-refractivity contribution in [2.45, 2.75) is 18.9 Å². The van der Waals surface area contributed by atoms with Gasteiger partial charge in [0.2, 0.25) is 0 Å². The van der Waals surface area contributed by atoms with Crippen molar-refractivity contribution < 1.29 is 9.90 Å². The number of aliphatic hydroxyl groups is 1. The highest BCUT2D eigenvalue weighted by Gasteiger charge is 2.23. The lowest BCUT2D eigenvalue weighted by Crippen LogP contribution is -2.40. The monoisotopic (exact) mass is 290 g/mol. The minimum absolute atomic E-state index is 0.121. The molecule has 1 aliphatic rings. The Bertz CT molecular complexity index is 651. The van der Waals surface area contributed by atoms with Crippen molar-refractivity contribution in [1.82, 2.24) is 9.88 Å². The molecule has 1 aromatic carbocycles. The van der Waals surface area contributed by atoms with Crippen molar-refractivity contribution in [3.8, 4) is 0 Å². The van der Waals surface area contributed by atoms with Gasteiger partial charge in [0.1, 0.15) is 5.69 Å². The van der Waals surface area contributed by atoms with Crippen LogP contribution in [-0.4, -0.2) is 40.1 Å². The molecule has 5 heteroatoms. The highest BCUT2D eigenvalue weighted by molar-refractivity contribution is 6.35. The van der Waals surface area contributed by atoms with E-state index in [-0.39, 0.29) is 12.0 Å². The zero-order chi connectivity index (χ0) is 14.1. The van der Waals surface area contributed by atoms with Gasteiger partial charge in [0.15, 0.2) is 0 Å². The first kappa shape index (κ1) is 13.3. The first-order valence-corrected chi connectivity index (χ1v) is 7.05. The number of fused-ring (bicyclic) bond motifs is 1. The van der Waals surface area contributed by atoms with Crippen LogP contribution in [0.4, 0.5) is 0 Å². The predicted octanol–water partition coefficient (Wildman–Crippen LogP) is 2.49. The van der Waals surface area contributed by atoms with E-state index in [4.69, 9.17) is 11.6 Å². The molecule has 1 amide bonds. The number of piperidine rings is 1. The van der Waals surface area contributed by atoms with Gasteiger partial charge in [-0.05, 0) is 25.0 Å². The summed E-state index contributed by atoms with van der Waals surface area (Å²) in [6.45, 7) is 1.12. The molecule has 2 heterocycles. The second kappa shape index (κ2) is 5.38. The number of rotatable bonds is 1. The van der Waals surface area contributed by atoms with Crippen molar-refractivity contribution in [2.75, 3.05) is 13.1 Å². The van der Waals surface area contributed by atoms with Crippen LogP contribution in [0.3, 0.4) is 0 Å². The summed E-state index contributed by atoms with van der Waals surface area (Å²) >= 11 is 6.22. The summed E-state index contributed by atoms with van der Waals surface area (Å²) in [4.78, 5) is 18.5. The van der Waals surface area contributed by atoms with Crippen LogP contribution in [-0.2, 0) is 0 Å². The lowest BCUT2D eigenvalue weighted by atomic mass is 10.1. The first-order chi connectivity index (χ1) is 9.65. The molecule has 0 radical (unpaired) electrons. The smallest absolute Gasteiger partial charge is 0.272 e. The second-order valence-electron chi connectivity index (χ2n) is 5.03. The fraction of sp³-hybridized carbons (Fsp3) is 0.333. The Morgan fingerprint density at radius 3 is 2.75 bits per heavy atom. The Kier molecular flexibility index (Phi) is 3.59. The largest absolute Gasteiger partial charge is 0.393 e. The number of likely N-dealkylation sites (tertiary alicyclic amines) is 1. The Balaban J connectivity index is 1.92. The molecule has 0 bridgehead atoms. The molecule has 0 atom stereocenters. The standard InChI is InChI=1S/C15H15ClN2O2/c16-12-9-14(17-13-4-2-1-3-11(12)13)15(20)18-7-5-10(19)6-8-18/h1-4,9-10,19H,5-8H2. The summed E-state index contributed by atoms with van der Waals surface area (Å²) in [6, 6.07) is 9.12. The number of para-hydroxylation sites is 1. The summed E-state index contributed by atoms with van der Waals surface area (Å²) in [5.74, 6) is -0.121. The highest BCUT2D eigenvalue weighted by Crippen LogP contribution is 2.24. The molecule has 104 valence electrons. The van der Waals surface area contributed by atoms with E-state index >= 15 is 0 Å². The van der Waals surface area contributed by atoms with Crippen LogP contribution < -0.4 is 0 Å². The van der Waals surface area contributed by atoms with Crippen molar-refractivity contribution in [3.05, 3.63) is 41.0 Å². The molecule has 1 aromatic heterocycles. The maximum Gasteiger partial charge on any atom is 0.272 e. The maximum atomic E-state index is 12.4. The second-order valence-corrected chi connectivity index (χ2v) is 5.44. The quantitative estimate of drug-likeness (QED) is 0.878. The average molecular weight is 291 g/mol.